The summed E-state index contributed by atoms with van der Waals surface area (Å²) < 4.78 is 0. The molecule has 0 spiro atoms. The molecule has 0 aromatic carbocycles. The van der Waals surface area contributed by atoms with Crippen molar-refractivity contribution in [1.82, 2.24) is 30.6 Å². The number of carboxylic acid groups (broad SMARTS) is 1. The van der Waals surface area contributed by atoms with Crippen molar-refractivity contribution in [2.75, 3.05) is 23.8 Å². The molecule has 1 saturated heterocycles. The molecule has 0 bridgehead atoms. The van der Waals surface area contributed by atoms with E-state index in [1.807, 2.05) is 0 Å². The number of aromatic nitrogens is 4. The zero-order valence-electron chi connectivity index (χ0n) is 17.0. The highest BCUT2D eigenvalue weighted by Gasteiger charge is 2.54. The fourth-order valence-corrected chi connectivity index (χ4v) is 5.97. The number of aliphatic carboxylic acids is 1. The predicted molar refractivity (Wildman–Crippen MR) is 121 cm³/mol. The van der Waals surface area contributed by atoms with Gasteiger partial charge in [-0.2, -0.15) is 10.3 Å². The zero-order chi connectivity index (χ0) is 23.5. The summed E-state index contributed by atoms with van der Waals surface area (Å²) in [6.07, 6.45) is 1.53. The Labute approximate surface area is 199 Å². The standard InChI is InChI=1S/C17H18N8O5S3/c1-2-30-23-10(8-6-33-17(18)20-8)13(26)21-11-14(27)25-12(16(28)29)7(5-32-15(11)25)4-31-9-3-19-24-22-9/h3,6,11,15H,2,4-5H2,1H3,(H2,18,20)(H,21,26)(H,28,29)(H,19,22,24)/t11?,15-/m1/s1. The molecule has 2 aliphatic heterocycles. The zero-order valence-corrected chi connectivity index (χ0v) is 19.5. The van der Waals surface area contributed by atoms with Crippen molar-refractivity contribution in [3.8, 4) is 0 Å². The molecule has 2 aliphatic rings. The van der Waals surface area contributed by atoms with E-state index in [-0.39, 0.29) is 28.8 Å². The monoisotopic (exact) mass is 510 g/mol. The van der Waals surface area contributed by atoms with E-state index in [4.69, 9.17) is 10.6 Å². The number of rotatable bonds is 9. The minimum Gasteiger partial charge on any atom is -0.477 e. The molecule has 174 valence electrons. The summed E-state index contributed by atoms with van der Waals surface area (Å²) in [5, 5.41) is 28.2. The van der Waals surface area contributed by atoms with E-state index in [0.717, 1.165) is 11.3 Å². The number of oxime groups is 1. The number of nitrogens with two attached hydrogens (primary N) is 1. The van der Waals surface area contributed by atoms with Gasteiger partial charge in [-0.3, -0.25) is 14.5 Å². The van der Waals surface area contributed by atoms with Crippen LogP contribution in [-0.4, -0.2) is 83.4 Å². The number of aromatic amines is 1. The largest absolute Gasteiger partial charge is 0.477 e. The predicted octanol–water partition coefficient (Wildman–Crippen LogP) is 0.115. The maximum atomic E-state index is 12.9. The van der Waals surface area contributed by atoms with Gasteiger partial charge in [-0.25, -0.2) is 9.78 Å². The van der Waals surface area contributed by atoms with Gasteiger partial charge in [-0.15, -0.1) is 28.2 Å². The van der Waals surface area contributed by atoms with Crippen molar-refractivity contribution in [2.45, 2.75) is 23.4 Å². The third-order valence-corrected chi connectivity index (χ3v) is 7.59. The van der Waals surface area contributed by atoms with Gasteiger partial charge in [0.1, 0.15) is 34.4 Å². The number of carbonyl (C=O) groups excluding carboxylic acids is 2. The van der Waals surface area contributed by atoms with Crippen LogP contribution in [0.25, 0.3) is 0 Å². The first-order valence-corrected chi connectivity index (χ1v) is 12.4. The number of nitrogens with zero attached hydrogens (tertiary/aromatic N) is 5. The fourth-order valence-electron chi connectivity index (χ4n) is 3.16. The fraction of sp³-hybridized carbons (Fsp3) is 0.353. The van der Waals surface area contributed by atoms with Gasteiger partial charge >= 0.3 is 5.97 Å². The lowest BCUT2D eigenvalue weighted by molar-refractivity contribution is -0.150. The van der Waals surface area contributed by atoms with Crippen LogP contribution in [0.15, 0.2) is 33.0 Å². The molecule has 1 unspecified atom stereocenters. The Bertz CT molecular complexity index is 1130. The van der Waals surface area contributed by atoms with Crippen LogP contribution in [0.3, 0.4) is 0 Å². The van der Waals surface area contributed by atoms with E-state index in [0.29, 0.717) is 22.1 Å². The summed E-state index contributed by atoms with van der Waals surface area (Å²) in [7, 11) is 0. The third kappa shape index (κ3) is 4.67. The number of H-pyrrole nitrogens is 1. The Balaban J connectivity index is 1.49. The van der Waals surface area contributed by atoms with Crippen molar-refractivity contribution in [3.05, 3.63) is 28.5 Å². The Morgan fingerprint density at radius 3 is 2.97 bits per heavy atom. The average molecular weight is 511 g/mol. The molecule has 0 radical (unpaired) electrons. The Morgan fingerprint density at radius 2 is 2.33 bits per heavy atom. The van der Waals surface area contributed by atoms with Gasteiger partial charge in [-0.1, -0.05) is 16.9 Å². The second kappa shape index (κ2) is 9.80. The van der Waals surface area contributed by atoms with E-state index in [1.165, 1.54) is 34.6 Å². The molecule has 2 aromatic rings. The number of β-lactam (4-membered cyclic amide) rings is 1. The maximum Gasteiger partial charge on any atom is 0.352 e. The lowest BCUT2D eigenvalue weighted by Crippen LogP contribution is -2.71. The number of hydrogen-bond acceptors (Lipinski definition) is 12. The second-order valence-corrected chi connectivity index (χ2v) is 9.63. The van der Waals surface area contributed by atoms with E-state index in [2.05, 4.69) is 30.9 Å². The molecule has 16 heteroatoms. The minimum atomic E-state index is -1.20. The van der Waals surface area contributed by atoms with Crippen LogP contribution >= 0.6 is 34.9 Å². The van der Waals surface area contributed by atoms with E-state index >= 15 is 0 Å². The van der Waals surface area contributed by atoms with Crippen LogP contribution in [0.5, 0.6) is 0 Å². The summed E-state index contributed by atoms with van der Waals surface area (Å²) >= 11 is 3.82. The number of amides is 2. The molecule has 5 N–H and O–H groups in total. The highest BCUT2D eigenvalue weighted by Crippen LogP contribution is 2.41. The molecular weight excluding hydrogens is 492 g/mol. The van der Waals surface area contributed by atoms with Gasteiger partial charge in [0.15, 0.2) is 10.8 Å². The summed E-state index contributed by atoms with van der Waals surface area (Å²) in [5.74, 6) is -1.66. The third-order valence-electron chi connectivity index (χ3n) is 4.59. The number of anilines is 1. The van der Waals surface area contributed by atoms with Crippen LogP contribution < -0.4 is 11.1 Å². The van der Waals surface area contributed by atoms with Crippen molar-refractivity contribution in [2.24, 2.45) is 5.16 Å². The van der Waals surface area contributed by atoms with E-state index in [9.17, 15) is 19.5 Å². The highest BCUT2D eigenvalue weighted by molar-refractivity contribution is 8.01. The molecule has 2 atom stereocenters. The summed E-state index contributed by atoms with van der Waals surface area (Å²) in [5.41, 5.74) is 6.28. The topological polar surface area (TPSA) is 189 Å². The van der Waals surface area contributed by atoms with Gasteiger partial charge in [-0.05, 0) is 12.5 Å². The molecule has 4 rings (SSSR count). The molecular formula is C17H18N8O5S3. The van der Waals surface area contributed by atoms with Crippen LogP contribution in [0.2, 0.25) is 0 Å². The van der Waals surface area contributed by atoms with Gasteiger partial charge in [0.25, 0.3) is 11.8 Å². The maximum absolute atomic E-state index is 12.9. The van der Waals surface area contributed by atoms with Gasteiger partial charge in [0.05, 0.1) is 6.20 Å². The van der Waals surface area contributed by atoms with Crippen LogP contribution in [-0.2, 0) is 19.2 Å². The van der Waals surface area contributed by atoms with Crippen molar-refractivity contribution < 1.29 is 24.3 Å². The molecule has 13 nitrogen and oxygen atoms in total. The van der Waals surface area contributed by atoms with Gasteiger partial charge in [0.2, 0.25) is 0 Å². The number of thiazole rings is 1. The minimum absolute atomic E-state index is 0.0688. The second-order valence-electron chi connectivity index (χ2n) is 6.64. The first kappa shape index (κ1) is 23.1. The smallest absolute Gasteiger partial charge is 0.352 e. The normalized spacial score (nSPS) is 20.3. The number of nitrogens with one attached hydrogen (secondary N) is 2. The number of hydrogen-bond donors (Lipinski definition) is 4. The summed E-state index contributed by atoms with van der Waals surface area (Å²) in [6, 6.07) is -0.913. The number of fused-ring (bicyclic) bond motifs is 1. The molecule has 0 aliphatic carbocycles. The highest BCUT2D eigenvalue weighted by atomic mass is 32.2. The lowest BCUT2D eigenvalue weighted by atomic mass is 10.0. The molecule has 33 heavy (non-hydrogen) atoms. The number of nitrogen functional groups attached to an aromatic ring is 1. The van der Waals surface area contributed by atoms with Crippen molar-refractivity contribution in [3.63, 3.8) is 0 Å². The number of thioether (sulfide) groups is 2. The van der Waals surface area contributed by atoms with E-state index in [1.54, 1.807) is 12.3 Å². The van der Waals surface area contributed by atoms with Gasteiger partial charge < -0.3 is 21.0 Å². The van der Waals surface area contributed by atoms with Crippen molar-refractivity contribution in [1.29, 1.82) is 0 Å². The Hall–Kier alpha value is -3.11. The quantitative estimate of drug-likeness (QED) is 0.155. The van der Waals surface area contributed by atoms with Crippen LogP contribution in [0, 0.1) is 0 Å². The van der Waals surface area contributed by atoms with Crippen LogP contribution in [0.4, 0.5) is 5.13 Å². The molecule has 1 fully saturated rings. The first-order valence-electron chi connectivity index (χ1n) is 9.51. The van der Waals surface area contributed by atoms with Crippen molar-refractivity contribution >= 4 is 63.5 Å². The summed E-state index contributed by atoms with van der Waals surface area (Å²) in [4.78, 5) is 48.0. The Morgan fingerprint density at radius 1 is 1.52 bits per heavy atom. The molecule has 4 heterocycles. The first-order chi connectivity index (χ1) is 15.9. The summed E-state index contributed by atoms with van der Waals surface area (Å²) in [6.45, 7) is 1.94. The number of carbonyl (C=O) groups is 3. The molecule has 2 aromatic heterocycles. The lowest BCUT2D eigenvalue weighted by Gasteiger charge is -2.49. The van der Waals surface area contributed by atoms with Gasteiger partial charge in [0, 0.05) is 16.9 Å². The van der Waals surface area contributed by atoms with Crippen LogP contribution in [0.1, 0.15) is 12.6 Å². The SMILES string of the molecule is CCON=C(C(=O)NC1C(=O)N2C(C(=O)O)=C(CSc3cn[nH]n3)CS[C@H]12)c1csc(N)n1. The molecule has 2 amide bonds. The Kier molecular flexibility index (Phi) is 6.85. The van der Waals surface area contributed by atoms with E-state index < -0.39 is 29.2 Å². The number of carboxylic acids is 1. The average Bonchev–Trinajstić information content (AvgIpc) is 3.47. The molecule has 0 saturated carbocycles.